The van der Waals surface area contributed by atoms with E-state index in [1.165, 1.54) is 12.1 Å². The van der Waals surface area contributed by atoms with Crippen LogP contribution in [0.1, 0.15) is 6.42 Å². The summed E-state index contributed by atoms with van der Waals surface area (Å²) in [5, 5.41) is 22.8. The maximum atomic E-state index is 12.9. The number of aliphatic hydroxyl groups is 2. The Bertz CT molecular complexity index is 461. The van der Waals surface area contributed by atoms with Crippen LogP contribution in [-0.4, -0.2) is 34.4 Å². The molecule has 1 aliphatic heterocycles. The Balaban J connectivity index is 2.44. The quantitative estimate of drug-likeness (QED) is 0.847. The molecule has 1 aliphatic rings. The van der Waals surface area contributed by atoms with Gasteiger partial charge in [0.2, 0.25) is 0 Å². The molecule has 18 heavy (non-hydrogen) atoms. The zero-order chi connectivity index (χ0) is 13.4. The van der Waals surface area contributed by atoms with Crippen molar-refractivity contribution < 1.29 is 23.4 Å². The van der Waals surface area contributed by atoms with Gasteiger partial charge < -0.3 is 10.2 Å². The molecular weight excluding hydrogens is 249 g/mol. The average Bonchev–Trinajstić information content (AvgIpc) is 2.68. The molecule has 0 fully saturated rings. The molecule has 98 valence electrons. The molecule has 1 aromatic carbocycles. The molecule has 1 unspecified atom stereocenters. The highest BCUT2D eigenvalue weighted by Gasteiger charge is 2.61. The Morgan fingerprint density at radius 3 is 2.39 bits per heavy atom. The van der Waals surface area contributed by atoms with Gasteiger partial charge in [-0.1, -0.05) is 18.2 Å². The predicted molar refractivity (Wildman–Crippen MR) is 59.1 cm³/mol. The number of rotatable bonds is 2. The molecule has 0 radical (unpaired) electrons. The van der Waals surface area contributed by atoms with E-state index in [0.717, 1.165) is 0 Å². The topological polar surface area (TPSA) is 56.1 Å². The van der Waals surface area contributed by atoms with E-state index in [2.05, 4.69) is 5.10 Å². The van der Waals surface area contributed by atoms with E-state index in [1.54, 1.807) is 18.2 Å². The molecule has 4 nitrogen and oxygen atoms in total. The number of hydrogen-bond donors (Lipinski definition) is 2. The Morgan fingerprint density at radius 1 is 1.28 bits per heavy atom. The Kier molecular flexibility index (Phi) is 3.04. The molecule has 7 heteroatoms. The van der Waals surface area contributed by atoms with E-state index < -0.39 is 24.9 Å². The normalized spacial score (nSPS) is 24.3. The minimum atomic E-state index is -4.87. The zero-order valence-corrected chi connectivity index (χ0v) is 9.22. The molecule has 0 aliphatic carbocycles. The predicted octanol–water partition coefficient (Wildman–Crippen LogP) is 1.50. The zero-order valence-electron chi connectivity index (χ0n) is 9.22. The fraction of sp³-hybridized carbons (Fsp3) is 0.364. The van der Waals surface area contributed by atoms with E-state index >= 15 is 0 Å². The van der Waals surface area contributed by atoms with Gasteiger partial charge in [-0.25, -0.2) is 5.01 Å². The van der Waals surface area contributed by atoms with Crippen molar-refractivity contribution in [1.29, 1.82) is 0 Å². The summed E-state index contributed by atoms with van der Waals surface area (Å²) in [5.41, 5.74) is -3.11. The second-order valence-electron chi connectivity index (χ2n) is 3.96. The number of halogens is 3. The molecule has 0 saturated heterocycles. The molecule has 2 rings (SSSR count). The third-order valence-electron chi connectivity index (χ3n) is 2.68. The second kappa shape index (κ2) is 4.25. The van der Waals surface area contributed by atoms with Crippen LogP contribution in [0, 0.1) is 0 Å². The van der Waals surface area contributed by atoms with Crippen molar-refractivity contribution in [2.75, 3.05) is 11.6 Å². The molecule has 0 aromatic heterocycles. The van der Waals surface area contributed by atoms with Crippen LogP contribution in [0.15, 0.2) is 35.4 Å². The first-order valence-corrected chi connectivity index (χ1v) is 5.20. The lowest BCUT2D eigenvalue weighted by Gasteiger charge is -2.34. The highest BCUT2D eigenvalue weighted by Crippen LogP contribution is 2.42. The first kappa shape index (κ1) is 12.8. The van der Waals surface area contributed by atoms with Gasteiger partial charge in [0, 0.05) is 6.42 Å². The summed E-state index contributed by atoms with van der Waals surface area (Å²) in [6.45, 7) is -0.623. The summed E-state index contributed by atoms with van der Waals surface area (Å²) >= 11 is 0. The van der Waals surface area contributed by atoms with Crippen molar-refractivity contribution >= 4 is 11.4 Å². The molecule has 0 spiro atoms. The minimum Gasteiger partial charge on any atom is -0.390 e. The van der Waals surface area contributed by atoms with Crippen molar-refractivity contribution in [1.82, 2.24) is 0 Å². The number of benzene rings is 1. The number of hydrazone groups is 1. The molecule has 1 atom stereocenters. The summed E-state index contributed by atoms with van der Waals surface area (Å²) in [5.74, 6) is 0. The van der Waals surface area contributed by atoms with Crippen LogP contribution in [0.3, 0.4) is 0 Å². The van der Waals surface area contributed by atoms with Gasteiger partial charge in [0.25, 0.3) is 5.72 Å². The SMILES string of the molecule is OCC1=NN(c2ccccc2)C(O)(C(F)(F)F)C1. The van der Waals surface area contributed by atoms with Gasteiger partial charge >= 0.3 is 6.18 Å². The molecule has 1 heterocycles. The standard InChI is InChI=1S/C11H11F3N2O2/c12-11(13,14)10(18)6-8(7-17)15-16(10)9-4-2-1-3-5-9/h1-5,17-18H,6-7H2. The maximum Gasteiger partial charge on any atom is 0.438 e. The van der Waals surface area contributed by atoms with Crippen LogP contribution in [0.5, 0.6) is 0 Å². The molecule has 0 saturated carbocycles. The lowest BCUT2D eigenvalue weighted by atomic mass is 10.1. The Labute approximate surface area is 101 Å². The molecule has 0 amide bonds. The van der Waals surface area contributed by atoms with Gasteiger partial charge in [0.1, 0.15) is 0 Å². The first-order valence-electron chi connectivity index (χ1n) is 5.20. The summed E-state index contributed by atoms with van der Waals surface area (Å²) in [7, 11) is 0. The molecule has 2 N–H and O–H groups in total. The third kappa shape index (κ3) is 1.95. The lowest BCUT2D eigenvalue weighted by molar-refractivity contribution is -0.254. The maximum absolute atomic E-state index is 12.9. The van der Waals surface area contributed by atoms with Crippen molar-refractivity contribution in [2.45, 2.75) is 18.3 Å². The van der Waals surface area contributed by atoms with Crippen molar-refractivity contribution in [3.05, 3.63) is 30.3 Å². The number of nitrogens with zero attached hydrogens (tertiary/aromatic N) is 2. The Morgan fingerprint density at radius 2 is 1.89 bits per heavy atom. The van der Waals surface area contributed by atoms with Crippen LogP contribution in [-0.2, 0) is 0 Å². The van der Waals surface area contributed by atoms with Gasteiger partial charge in [-0.15, -0.1) is 0 Å². The molecular formula is C11H11F3N2O2. The molecule has 1 aromatic rings. The van der Waals surface area contributed by atoms with Crippen LogP contribution in [0.2, 0.25) is 0 Å². The van der Waals surface area contributed by atoms with Crippen molar-refractivity contribution in [3.63, 3.8) is 0 Å². The van der Waals surface area contributed by atoms with Gasteiger partial charge in [-0.05, 0) is 12.1 Å². The van der Waals surface area contributed by atoms with Crippen molar-refractivity contribution in [2.24, 2.45) is 5.10 Å². The van der Waals surface area contributed by atoms with E-state index in [4.69, 9.17) is 5.11 Å². The largest absolute Gasteiger partial charge is 0.438 e. The average molecular weight is 260 g/mol. The fourth-order valence-electron chi connectivity index (χ4n) is 1.77. The summed E-state index contributed by atoms with van der Waals surface area (Å²) in [6, 6.07) is 7.53. The summed E-state index contributed by atoms with van der Waals surface area (Å²) < 4.78 is 38.8. The number of aliphatic hydroxyl groups excluding tert-OH is 1. The van der Waals surface area contributed by atoms with Gasteiger partial charge in [-0.3, -0.25) is 0 Å². The van der Waals surface area contributed by atoms with Gasteiger partial charge in [0.05, 0.1) is 18.0 Å². The third-order valence-corrected chi connectivity index (χ3v) is 2.68. The highest BCUT2D eigenvalue weighted by atomic mass is 19.4. The number of hydrogen-bond acceptors (Lipinski definition) is 4. The van der Waals surface area contributed by atoms with Crippen molar-refractivity contribution in [3.8, 4) is 0 Å². The Hall–Kier alpha value is -1.60. The second-order valence-corrected chi connectivity index (χ2v) is 3.96. The van der Waals surface area contributed by atoms with Crippen LogP contribution >= 0.6 is 0 Å². The van der Waals surface area contributed by atoms with E-state index in [1.807, 2.05) is 0 Å². The molecule has 0 bridgehead atoms. The minimum absolute atomic E-state index is 0.112. The fourth-order valence-corrected chi connectivity index (χ4v) is 1.77. The van der Waals surface area contributed by atoms with Gasteiger partial charge in [-0.2, -0.15) is 18.3 Å². The summed E-state index contributed by atoms with van der Waals surface area (Å²) in [6.07, 6.45) is -5.63. The first-order chi connectivity index (χ1) is 8.38. The van der Waals surface area contributed by atoms with Crippen LogP contribution < -0.4 is 5.01 Å². The van der Waals surface area contributed by atoms with Crippen LogP contribution in [0.4, 0.5) is 18.9 Å². The van der Waals surface area contributed by atoms with Gasteiger partial charge in [0.15, 0.2) is 0 Å². The highest BCUT2D eigenvalue weighted by molar-refractivity contribution is 5.90. The van der Waals surface area contributed by atoms with E-state index in [-0.39, 0.29) is 11.4 Å². The van der Waals surface area contributed by atoms with E-state index in [0.29, 0.717) is 5.01 Å². The summed E-state index contributed by atoms with van der Waals surface area (Å²) in [4.78, 5) is 0. The van der Waals surface area contributed by atoms with Crippen LogP contribution in [0.25, 0.3) is 0 Å². The van der Waals surface area contributed by atoms with E-state index in [9.17, 15) is 18.3 Å². The smallest absolute Gasteiger partial charge is 0.390 e. The monoisotopic (exact) mass is 260 g/mol. The number of para-hydroxylation sites is 1. The number of anilines is 1. The lowest BCUT2D eigenvalue weighted by Crippen LogP contribution is -2.55. The number of alkyl halides is 3.